The summed E-state index contributed by atoms with van der Waals surface area (Å²) < 4.78 is 13.8. The highest BCUT2D eigenvalue weighted by Gasteiger charge is 2.05. The van der Waals surface area contributed by atoms with Crippen molar-refractivity contribution in [2.45, 2.75) is 32.4 Å². The Hall–Kier alpha value is 0.110. The van der Waals surface area contributed by atoms with Gasteiger partial charge in [0.05, 0.1) is 11.0 Å². The Kier molecular flexibility index (Phi) is 5.00. The molecule has 0 saturated heterocycles. The first-order valence-corrected chi connectivity index (χ1v) is 4.57. The number of hydrogen-bond donors (Lipinski definition) is 1. The molecule has 0 aliphatic carbocycles. The quantitative estimate of drug-likeness (QED) is 0.636. The van der Waals surface area contributed by atoms with Gasteiger partial charge in [0.1, 0.15) is 0 Å². The van der Waals surface area contributed by atoms with E-state index in [1.807, 2.05) is 20.8 Å². The summed E-state index contributed by atoms with van der Waals surface area (Å²) in [6.45, 7) is 6.77. The highest BCUT2D eigenvalue weighted by Crippen LogP contribution is 1.95. The molecule has 2 unspecified atom stereocenters. The summed E-state index contributed by atoms with van der Waals surface area (Å²) in [5.74, 6) is 0. The predicted molar refractivity (Wildman–Crippen MR) is 41.6 cm³/mol. The fourth-order valence-corrected chi connectivity index (χ4v) is 1.31. The lowest BCUT2D eigenvalue weighted by atomic mass is 10.4. The summed E-state index contributed by atoms with van der Waals surface area (Å²) >= 11 is 0. The first-order chi connectivity index (χ1) is 4.22. The van der Waals surface area contributed by atoms with Gasteiger partial charge in [-0.25, -0.2) is 8.93 Å². The number of rotatable bonds is 4. The smallest absolute Gasteiger partial charge is 0.0943 e. The molecule has 56 valence electrons. The summed E-state index contributed by atoms with van der Waals surface area (Å²) in [5, 5.41) is 0.282. The van der Waals surface area contributed by atoms with Crippen LogP contribution in [0.15, 0.2) is 0 Å². The van der Waals surface area contributed by atoms with Crippen molar-refractivity contribution in [3.63, 3.8) is 0 Å². The van der Waals surface area contributed by atoms with Crippen LogP contribution in [0.5, 0.6) is 0 Å². The average molecular weight is 149 g/mol. The molecule has 0 bridgehead atoms. The third-order valence-electron chi connectivity index (χ3n) is 1.23. The molecule has 0 rings (SSSR count). The minimum absolute atomic E-state index is 0.282. The largest absolute Gasteiger partial charge is 0.243 e. The molecular formula is C6H15NOS. The van der Waals surface area contributed by atoms with Crippen LogP contribution in [0.4, 0.5) is 0 Å². The molecule has 2 atom stereocenters. The highest BCUT2D eigenvalue weighted by atomic mass is 32.2. The van der Waals surface area contributed by atoms with Gasteiger partial charge < -0.3 is 0 Å². The number of hydrogen-bond acceptors (Lipinski definition) is 1. The van der Waals surface area contributed by atoms with Crippen LogP contribution >= 0.6 is 0 Å². The minimum Gasteiger partial charge on any atom is -0.243 e. The summed E-state index contributed by atoms with van der Waals surface area (Å²) in [4.78, 5) is 0. The van der Waals surface area contributed by atoms with Gasteiger partial charge in [-0.1, -0.05) is 13.8 Å². The molecule has 0 aliphatic heterocycles. The molecular weight excluding hydrogens is 134 g/mol. The van der Waals surface area contributed by atoms with E-state index in [1.165, 1.54) is 0 Å². The maximum Gasteiger partial charge on any atom is 0.0943 e. The van der Waals surface area contributed by atoms with Gasteiger partial charge in [0, 0.05) is 11.8 Å². The van der Waals surface area contributed by atoms with Gasteiger partial charge in [0.15, 0.2) is 0 Å². The Bertz CT molecular complexity index is 95.1. The predicted octanol–water partition coefficient (Wildman–Crippen LogP) is 1.06. The lowest BCUT2D eigenvalue weighted by molar-refractivity contribution is 0.660. The molecule has 0 aromatic rings. The highest BCUT2D eigenvalue weighted by molar-refractivity contribution is 7.83. The van der Waals surface area contributed by atoms with Crippen LogP contribution in [-0.2, 0) is 11.0 Å². The van der Waals surface area contributed by atoms with E-state index in [4.69, 9.17) is 0 Å². The van der Waals surface area contributed by atoms with Crippen molar-refractivity contribution in [3.8, 4) is 0 Å². The van der Waals surface area contributed by atoms with Crippen molar-refractivity contribution in [1.82, 2.24) is 4.72 Å². The zero-order valence-electron chi connectivity index (χ0n) is 6.31. The van der Waals surface area contributed by atoms with Crippen LogP contribution in [0.1, 0.15) is 27.2 Å². The molecule has 0 fully saturated rings. The first-order valence-electron chi connectivity index (χ1n) is 3.36. The molecule has 0 aromatic carbocycles. The molecule has 2 nitrogen and oxygen atoms in total. The Balaban J connectivity index is 3.46. The number of nitrogens with one attached hydrogen (secondary N) is 1. The van der Waals surface area contributed by atoms with Crippen molar-refractivity contribution in [2.75, 3.05) is 6.54 Å². The molecule has 0 amide bonds. The van der Waals surface area contributed by atoms with Gasteiger partial charge in [-0.15, -0.1) is 0 Å². The van der Waals surface area contributed by atoms with Crippen molar-refractivity contribution in [3.05, 3.63) is 0 Å². The molecule has 1 N–H and O–H groups in total. The fraction of sp³-hybridized carbons (Fsp3) is 1.00. The Morgan fingerprint density at radius 1 is 1.56 bits per heavy atom. The standard InChI is InChI=1S/C6H15NOS/c1-4-6(3)9(8)7-5-2/h6-7H,4-5H2,1-3H3. The summed E-state index contributed by atoms with van der Waals surface area (Å²) in [6.07, 6.45) is 0.972. The minimum atomic E-state index is -0.815. The van der Waals surface area contributed by atoms with Crippen LogP contribution in [0.2, 0.25) is 0 Å². The van der Waals surface area contributed by atoms with E-state index >= 15 is 0 Å². The second kappa shape index (κ2) is 4.94. The van der Waals surface area contributed by atoms with Crippen molar-refractivity contribution >= 4 is 11.0 Å². The monoisotopic (exact) mass is 149 g/mol. The van der Waals surface area contributed by atoms with Gasteiger partial charge in [-0.05, 0) is 13.3 Å². The zero-order chi connectivity index (χ0) is 7.28. The SMILES string of the molecule is CCNS(=O)C(C)CC. The van der Waals surface area contributed by atoms with E-state index in [0.29, 0.717) is 0 Å². The molecule has 0 aromatic heterocycles. The lowest BCUT2D eigenvalue weighted by Crippen LogP contribution is -2.25. The van der Waals surface area contributed by atoms with Crippen LogP contribution in [0.3, 0.4) is 0 Å². The topological polar surface area (TPSA) is 29.1 Å². The summed E-state index contributed by atoms with van der Waals surface area (Å²) in [5.41, 5.74) is 0. The van der Waals surface area contributed by atoms with Gasteiger partial charge in [-0.3, -0.25) is 0 Å². The maximum atomic E-state index is 11.0. The Morgan fingerprint density at radius 3 is 2.44 bits per heavy atom. The molecule has 3 heteroatoms. The lowest BCUT2D eigenvalue weighted by Gasteiger charge is -2.06. The van der Waals surface area contributed by atoms with Crippen molar-refractivity contribution in [2.24, 2.45) is 0 Å². The third kappa shape index (κ3) is 3.65. The fourth-order valence-electron chi connectivity index (χ4n) is 0.436. The molecule has 0 heterocycles. The zero-order valence-corrected chi connectivity index (χ0v) is 7.12. The normalized spacial score (nSPS) is 17.2. The molecule has 9 heavy (non-hydrogen) atoms. The van der Waals surface area contributed by atoms with Crippen molar-refractivity contribution in [1.29, 1.82) is 0 Å². The van der Waals surface area contributed by atoms with E-state index in [2.05, 4.69) is 4.72 Å². The summed E-state index contributed by atoms with van der Waals surface area (Å²) in [7, 11) is -0.815. The van der Waals surface area contributed by atoms with Gasteiger partial charge in [0.25, 0.3) is 0 Å². The molecule has 0 radical (unpaired) electrons. The van der Waals surface area contributed by atoms with E-state index in [9.17, 15) is 4.21 Å². The van der Waals surface area contributed by atoms with Gasteiger partial charge in [0.2, 0.25) is 0 Å². The van der Waals surface area contributed by atoms with Crippen LogP contribution in [0, 0.1) is 0 Å². The second-order valence-corrected chi connectivity index (χ2v) is 3.70. The Labute approximate surface area is 59.6 Å². The van der Waals surface area contributed by atoms with Gasteiger partial charge in [-0.2, -0.15) is 0 Å². The Morgan fingerprint density at radius 2 is 2.11 bits per heavy atom. The average Bonchev–Trinajstić information content (AvgIpc) is 1.87. The van der Waals surface area contributed by atoms with Crippen LogP contribution in [-0.4, -0.2) is 16.0 Å². The van der Waals surface area contributed by atoms with E-state index in [-0.39, 0.29) is 5.25 Å². The van der Waals surface area contributed by atoms with Crippen LogP contribution < -0.4 is 4.72 Å². The molecule has 0 saturated carbocycles. The van der Waals surface area contributed by atoms with Gasteiger partial charge >= 0.3 is 0 Å². The van der Waals surface area contributed by atoms with Crippen LogP contribution in [0.25, 0.3) is 0 Å². The van der Waals surface area contributed by atoms with E-state index < -0.39 is 11.0 Å². The second-order valence-electron chi connectivity index (χ2n) is 2.01. The summed E-state index contributed by atoms with van der Waals surface area (Å²) in [6, 6.07) is 0. The molecule has 0 aliphatic rings. The van der Waals surface area contributed by atoms with Crippen molar-refractivity contribution < 1.29 is 4.21 Å². The first kappa shape index (κ1) is 9.11. The molecule has 0 spiro atoms. The maximum absolute atomic E-state index is 11.0. The third-order valence-corrected chi connectivity index (χ3v) is 2.86. The van der Waals surface area contributed by atoms with E-state index in [0.717, 1.165) is 13.0 Å². The van der Waals surface area contributed by atoms with E-state index in [1.54, 1.807) is 0 Å².